The molecular weight excluding hydrogens is 212 g/mol. The Bertz CT molecular complexity index is 361. The number of amides is 1. The summed E-state index contributed by atoms with van der Waals surface area (Å²) < 4.78 is 1.93. The van der Waals surface area contributed by atoms with Gasteiger partial charge in [-0.05, 0) is 0 Å². The van der Waals surface area contributed by atoms with E-state index in [0.29, 0.717) is 11.7 Å². The lowest BCUT2D eigenvalue weighted by Crippen LogP contribution is -2.14. The Labute approximate surface area is 92.7 Å². The van der Waals surface area contributed by atoms with Crippen LogP contribution in [-0.2, 0) is 17.8 Å². The summed E-state index contributed by atoms with van der Waals surface area (Å²) in [6.07, 6.45) is 2.58. The molecule has 82 valence electrons. The second kappa shape index (κ2) is 5.55. The number of hydrogen-bond donors (Lipinski definition) is 1. The molecule has 6 heteroatoms. The van der Waals surface area contributed by atoms with Crippen molar-refractivity contribution in [2.45, 2.75) is 25.0 Å². The third kappa shape index (κ3) is 3.09. The molecule has 0 atom stereocenters. The van der Waals surface area contributed by atoms with Gasteiger partial charge in [-0.25, -0.2) is 0 Å². The van der Waals surface area contributed by atoms with Crippen LogP contribution in [0.5, 0.6) is 0 Å². The first-order valence-corrected chi connectivity index (χ1v) is 5.61. The maximum Gasteiger partial charge on any atom is 0.227 e. The standard InChI is InChI=1S/C9H14N4OS/c1-3-5-13-8(4-2)11-12-9(13)15-6-7(10)14/h3H,1,4-6H2,2H3,(H2,10,14). The van der Waals surface area contributed by atoms with Crippen molar-refractivity contribution in [1.82, 2.24) is 14.8 Å². The van der Waals surface area contributed by atoms with Crippen molar-refractivity contribution >= 4 is 17.7 Å². The molecule has 0 aliphatic carbocycles. The molecule has 0 radical (unpaired) electrons. The summed E-state index contributed by atoms with van der Waals surface area (Å²) in [4.78, 5) is 10.6. The Morgan fingerprint density at radius 2 is 2.40 bits per heavy atom. The second-order valence-corrected chi connectivity index (χ2v) is 3.85. The molecule has 0 fully saturated rings. The summed E-state index contributed by atoms with van der Waals surface area (Å²) in [5.41, 5.74) is 5.07. The fraction of sp³-hybridized carbons (Fsp3) is 0.444. The van der Waals surface area contributed by atoms with E-state index in [1.54, 1.807) is 6.08 Å². The van der Waals surface area contributed by atoms with E-state index in [-0.39, 0.29) is 11.7 Å². The van der Waals surface area contributed by atoms with E-state index in [0.717, 1.165) is 12.2 Å². The van der Waals surface area contributed by atoms with E-state index in [9.17, 15) is 4.79 Å². The van der Waals surface area contributed by atoms with Crippen LogP contribution in [0.3, 0.4) is 0 Å². The normalized spacial score (nSPS) is 10.2. The highest BCUT2D eigenvalue weighted by Crippen LogP contribution is 2.16. The van der Waals surface area contributed by atoms with Gasteiger partial charge >= 0.3 is 0 Å². The lowest BCUT2D eigenvalue weighted by Gasteiger charge is -2.04. The molecule has 5 nitrogen and oxygen atoms in total. The van der Waals surface area contributed by atoms with Gasteiger partial charge in [0.2, 0.25) is 5.91 Å². The molecule has 15 heavy (non-hydrogen) atoms. The summed E-state index contributed by atoms with van der Waals surface area (Å²) in [7, 11) is 0. The molecule has 0 aromatic carbocycles. The van der Waals surface area contributed by atoms with Gasteiger partial charge in [0, 0.05) is 13.0 Å². The van der Waals surface area contributed by atoms with Crippen molar-refractivity contribution in [3.63, 3.8) is 0 Å². The van der Waals surface area contributed by atoms with Crippen LogP contribution in [0.1, 0.15) is 12.7 Å². The van der Waals surface area contributed by atoms with E-state index in [4.69, 9.17) is 5.73 Å². The van der Waals surface area contributed by atoms with Gasteiger partial charge in [0.25, 0.3) is 0 Å². The molecular formula is C9H14N4OS. The third-order valence-corrected chi connectivity index (χ3v) is 2.75. The van der Waals surface area contributed by atoms with Crippen molar-refractivity contribution in [3.05, 3.63) is 18.5 Å². The van der Waals surface area contributed by atoms with Gasteiger partial charge in [0.15, 0.2) is 5.16 Å². The molecule has 0 saturated heterocycles. The predicted molar refractivity (Wildman–Crippen MR) is 59.5 cm³/mol. The SMILES string of the molecule is C=CCn1c(CC)nnc1SCC(N)=O. The van der Waals surface area contributed by atoms with Gasteiger partial charge < -0.3 is 10.3 Å². The minimum absolute atomic E-state index is 0.221. The number of carbonyl (C=O) groups is 1. The van der Waals surface area contributed by atoms with E-state index >= 15 is 0 Å². The molecule has 0 unspecified atom stereocenters. The van der Waals surface area contributed by atoms with Crippen LogP contribution in [0.4, 0.5) is 0 Å². The molecule has 0 saturated carbocycles. The zero-order valence-corrected chi connectivity index (χ0v) is 9.46. The first kappa shape index (κ1) is 11.8. The number of nitrogens with zero attached hydrogens (tertiary/aromatic N) is 3. The van der Waals surface area contributed by atoms with Gasteiger partial charge in [0.1, 0.15) is 5.82 Å². The number of aromatic nitrogens is 3. The predicted octanol–water partition coefficient (Wildman–Crippen LogP) is 0.604. The quantitative estimate of drug-likeness (QED) is 0.569. The van der Waals surface area contributed by atoms with Crippen LogP contribution >= 0.6 is 11.8 Å². The van der Waals surface area contributed by atoms with Crippen LogP contribution in [0.2, 0.25) is 0 Å². The van der Waals surface area contributed by atoms with E-state index < -0.39 is 0 Å². The van der Waals surface area contributed by atoms with E-state index in [1.807, 2.05) is 11.5 Å². The topological polar surface area (TPSA) is 73.8 Å². The van der Waals surface area contributed by atoms with Gasteiger partial charge in [-0.1, -0.05) is 24.8 Å². The summed E-state index contributed by atoms with van der Waals surface area (Å²) >= 11 is 1.30. The fourth-order valence-electron chi connectivity index (χ4n) is 1.14. The van der Waals surface area contributed by atoms with E-state index in [1.165, 1.54) is 11.8 Å². The minimum atomic E-state index is -0.355. The molecule has 0 bridgehead atoms. The maximum absolute atomic E-state index is 10.6. The Hall–Kier alpha value is -1.30. The summed E-state index contributed by atoms with van der Waals surface area (Å²) in [6, 6.07) is 0. The molecule has 0 spiro atoms. The van der Waals surface area contributed by atoms with Gasteiger partial charge in [-0.2, -0.15) is 0 Å². The van der Waals surface area contributed by atoms with Crippen LogP contribution < -0.4 is 5.73 Å². The highest BCUT2D eigenvalue weighted by Gasteiger charge is 2.10. The highest BCUT2D eigenvalue weighted by atomic mass is 32.2. The zero-order valence-electron chi connectivity index (χ0n) is 8.64. The molecule has 1 aromatic heterocycles. The Kier molecular flexibility index (Phi) is 4.36. The molecule has 1 aromatic rings. The van der Waals surface area contributed by atoms with Gasteiger partial charge in [-0.3, -0.25) is 4.79 Å². The Morgan fingerprint density at radius 3 is 2.93 bits per heavy atom. The van der Waals surface area contributed by atoms with Crippen molar-refractivity contribution in [3.8, 4) is 0 Å². The molecule has 0 aliphatic heterocycles. The number of thioether (sulfide) groups is 1. The van der Waals surface area contributed by atoms with Crippen LogP contribution in [0.25, 0.3) is 0 Å². The van der Waals surface area contributed by atoms with Crippen molar-refractivity contribution in [1.29, 1.82) is 0 Å². The molecule has 1 rings (SSSR count). The first-order valence-electron chi connectivity index (χ1n) is 4.63. The Morgan fingerprint density at radius 1 is 1.67 bits per heavy atom. The number of carbonyl (C=O) groups excluding carboxylic acids is 1. The first-order chi connectivity index (χ1) is 7.19. The second-order valence-electron chi connectivity index (χ2n) is 2.91. The average Bonchev–Trinajstić information content (AvgIpc) is 2.58. The Balaban J connectivity index is 2.81. The van der Waals surface area contributed by atoms with Crippen molar-refractivity contribution < 1.29 is 4.79 Å². The van der Waals surface area contributed by atoms with Crippen molar-refractivity contribution in [2.75, 3.05) is 5.75 Å². The number of rotatable bonds is 6. The van der Waals surface area contributed by atoms with Crippen molar-refractivity contribution in [2.24, 2.45) is 5.73 Å². The smallest absolute Gasteiger partial charge is 0.227 e. The molecule has 1 heterocycles. The number of aryl methyl sites for hydroxylation is 1. The van der Waals surface area contributed by atoms with Crippen LogP contribution in [0, 0.1) is 0 Å². The zero-order chi connectivity index (χ0) is 11.3. The minimum Gasteiger partial charge on any atom is -0.369 e. The van der Waals surface area contributed by atoms with Gasteiger partial charge in [-0.15, -0.1) is 16.8 Å². The maximum atomic E-state index is 10.6. The lowest BCUT2D eigenvalue weighted by atomic mass is 10.4. The van der Waals surface area contributed by atoms with Crippen LogP contribution in [-0.4, -0.2) is 26.4 Å². The average molecular weight is 226 g/mol. The summed E-state index contributed by atoms with van der Waals surface area (Å²) in [5.74, 6) is 0.756. The number of nitrogens with two attached hydrogens (primary N) is 1. The summed E-state index contributed by atoms with van der Waals surface area (Å²) in [6.45, 7) is 6.33. The highest BCUT2D eigenvalue weighted by molar-refractivity contribution is 7.99. The number of allylic oxidation sites excluding steroid dienone is 1. The molecule has 2 N–H and O–H groups in total. The largest absolute Gasteiger partial charge is 0.369 e. The number of hydrogen-bond acceptors (Lipinski definition) is 4. The van der Waals surface area contributed by atoms with Crippen LogP contribution in [0.15, 0.2) is 17.8 Å². The molecule has 0 aliphatic rings. The third-order valence-electron chi connectivity index (χ3n) is 1.76. The van der Waals surface area contributed by atoms with Gasteiger partial charge in [0.05, 0.1) is 5.75 Å². The fourth-order valence-corrected chi connectivity index (χ4v) is 1.84. The number of primary amides is 1. The summed E-state index contributed by atoms with van der Waals surface area (Å²) in [5, 5.41) is 8.73. The lowest BCUT2D eigenvalue weighted by molar-refractivity contribution is -0.115. The monoisotopic (exact) mass is 226 g/mol. The van der Waals surface area contributed by atoms with E-state index in [2.05, 4.69) is 16.8 Å². The molecule has 1 amide bonds.